The number of ether oxygens (including phenoxy) is 2. The number of hydrogen-bond donors (Lipinski definition) is 0. The summed E-state index contributed by atoms with van der Waals surface area (Å²) in [7, 11) is 3.36. The van der Waals surface area contributed by atoms with Crippen LogP contribution in [0.25, 0.3) is 0 Å². The molecule has 0 unspecified atom stereocenters. The second-order valence-corrected chi connectivity index (χ2v) is 6.96. The van der Waals surface area contributed by atoms with Crippen LogP contribution in [0.2, 0.25) is 0 Å². The Morgan fingerprint density at radius 2 is 0.679 bits per heavy atom. The lowest BCUT2D eigenvalue weighted by Crippen LogP contribution is -1.98. The largest absolute Gasteiger partial charge is 0.494 e. The van der Waals surface area contributed by atoms with Crippen molar-refractivity contribution in [2.24, 2.45) is 10.2 Å². The smallest absolute Gasteiger partial charge is 0.149 e. The molecule has 0 aliphatic heterocycles. The molecular weight excluding hydrogens is 348 g/mol. The third kappa shape index (κ3) is 4.06. The van der Waals surface area contributed by atoms with Crippen LogP contribution in [0.3, 0.4) is 0 Å². The number of benzene rings is 2. The fourth-order valence-electron chi connectivity index (χ4n) is 3.36. The number of rotatable bonds is 4. The van der Waals surface area contributed by atoms with E-state index >= 15 is 0 Å². The van der Waals surface area contributed by atoms with E-state index in [1.165, 1.54) is 22.3 Å². The highest BCUT2D eigenvalue weighted by Gasteiger charge is 2.18. The van der Waals surface area contributed by atoms with Crippen LogP contribution in [0.4, 0.5) is 11.4 Å². The first kappa shape index (κ1) is 23.7. The van der Waals surface area contributed by atoms with Crippen molar-refractivity contribution in [3.8, 4) is 11.5 Å². The van der Waals surface area contributed by atoms with Gasteiger partial charge in [0.15, 0.2) is 0 Å². The molecule has 0 N–H and O–H groups in total. The minimum atomic E-state index is 0.783. The second-order valence-electron chi connectivity index (χ2n) is 6.96. The first-order valence-electron chi connectivity index (χ1n) is 9.87. The van der Waals surface area contributed by atoms with Crippen molar-refractivity contribution in [3.63, 3.8) is 0 Å². The van der Waals surface area contributed by atoms with Gasteiger partial charge in [-0.15, -0.1) is 10.2 Å². The number of azo groups is 1. The fourth-order valence-corrected chi connectivity index (χ4v) is 3.36. The van der Waals surface area contributed by atoms with E-state index in [1.807, 2.05) is 13.8 Å². The minimum absolute atomic E-state index is 0.783. The van der Waals surface area contributed by atoms with Crippen LogP contribution >= 0.6 is 0 Å². The average Bonchev–Trinajstić information content (AvgIpc) is 2.71. The molecule has 0 heterocycles. The van der Waals surface area contributed by atoms with E-state index in [1.54, 1.807) is 14.2 Å². The first-order valence-corrected chi connectivity index (χ1v) is 9.87. The zero-order valence-electron chi connectivity index (χ0n) is 19.7. The molecule has 0 atom stereocenters. The van der Waals surface area contributed by atoms with E-state index in [-0.39, 0.29) is 0 Å². The van der Waals surface area contributed by atoms with Gasteiger partial charge in [0.2, 0.25) is 0 Å². The molecule has 0 fully saturated rings. The summed E-state index contributed by atoms with van der Waals surface area (Å²) in [6, 6.07) is 0. The van der Waals surface area contributed by atoms with Gasteiger partial charge in [0, 0.05) is 0 Å². The van der Waals surface area contributed by atoms with Crippen molar-refractivity contribution in [3.05, 3.63) is 44.5 Å². The van der Waals surface area contributed by atoms with Crippen molar-refractivity contribution in [2.45, 2.75) is 69.2 Å². The molecular formula is C24H36N2O2. The molecule has 0 aliphatic carbocycles. The highest BCUT2D eigenvalue weighted by atomic mass is 16.5. The quantitative estimate of drug-likeness (QED) is 0.509. The monoisotopic (exact) mass is 384 g/mol. The Morgan fingerprint density at radius 1 is 0.429 bits per heavy atom. The highest BCUT2D eigenvalue weighted by molar-refractivity contribution is 5.68. The van der Waals surface area contributed by atoms with Gasteiger partial charge in [0.1, 0.15) is 22.9 Å². The Balaban J connectivity index is 0.00000190. The normalized spacial score (nSPS) is 10.7. The molecule has 0 aliphatic rings. The van der Waals surface area contributed by atoms with Crippen molar-refractivity contribution in [1.29, 1.82) is 0 Å². The van der Waals surface area contributed by atoms with Crippen LogP contribution in [0, 0.1) is 55.4 Å². The number of methoxy groups -OCH3 is 2. The van der Waals surface area contributed by atoms with E-state index in [0.717, 1.165) is 45.1 Å². The van der Waals surface area contributed by atoms with Gasteiger partial charge in [-0.25, -0.2) is 0 Å². The standard InChI is InChI=1S/C22H30N2O2.C2H6/c1-11-13(3)17(7)21(25-9)19(15(11)5)23-24-20-16(6)12(2)14(4)18(8)22(20)26-10;1-2/h1-10H3;1-2H3. The van der Waals surface area contributed by atoms with Crippen molar-refractivity contribution < 1.29 is 9.47 Å². The Morgan fingerprint density at radius 3 is 0.929 bits per heavy atom. The van der Waals surface area contributed by atoms with E-state index in [9.17, 15) is 0 Å². The maximum atomic E-state index is 5.65. The third-order valence-electron chi connectivity index (χ3n) is 5.85. The highest BCUT2D eigenvalue weighted by Crippen LogP contribution is 2.43. The lowest BCUT2D eigenvalue weighted by molar-refractivity contribution is 0.410. The topological polar surface area (TPSA) is 43.2 Å². The summed E-state index contributed by atoms with van der Waals surface area (Å²) in [6.07, 6.45) is 0. The molecule has 0 aromatic heterocycles. The van der Waals surface area contributed by atoms with Gasteiger partial charge < -0.3 is 9.47 Å². The average molecular weight is 385 g/mol. The molecule has 2 rings (SSSR count). The van der Waals surface area contributed by atoms with Crippen LogP contribution in [0.15, 0.2) is 10.2 Å². The van der Waals surface area contributed by atoms with E-state index in [2.05, 4.69) is 65.6 Å². The number of hydrogen-bond acceptors (Lipinski definition) is 4. The van der Waals surface area contributed by atoms with E-state index < -0.39 is 0 Å². The fraction of sp³-hybridized carbons (Fsp3) is 0.500. The zero-order chi connectivity index (χ0) is 21.8. The molecule has 0 amide bonds. The van der Waals surface area contributed by atoms with Gasteiger partial charge in [-0.2, -0.15) is 0 Å². The third-order valence-corrected chi connectivity index (χ3v) is 5.85. The van der Waals surface area contributed by atoms with Gasteiger partial charge in [0.25, 0.3) is 0 Å². The van der Waals surface area contributed by atoms with Gasteiger partial charge in [-0.05, 0) is 99.9 Å². The maximum Gasteiger partial charge on any atom is 0.149 e. The van der Waals surface area contributed by atoms with E-state index in [0.29, 0.717) is 0 Å². The molecule has 28 heavy (non-hydrogen) atoms. The van der Waals surface area contributed by atoms with Gasteiger partial charge in [-0.3, -0.25) is 0 Å². The second kappa shape index (κ2) is 9.72. The maximum absolute atomic E-state index is 5.65. The SMILES string of the molecule is CC.COc1c(C)c(C)c(C)c(C)c1N=Nc1c(C)c(C)c(C)c(C)c1OC. The number of nitrogens with zero attached hydrogens (tertiary/aromatic N) is 2. The predicted molar refractivity (Wildman–Crippen MR) is 119 cm³/mol. The molecule has 0 spiro atoms. The molecule has 2 aromatic rings. The molecule has 0 radical (unpaired) electrons. The van der Waals surface area contributed by atoms with Gasteiger partial charge in [0.05, 0.1) is 14.2 Å². The van der Waals surface area contributed by atoms with Crippen molar-refractivity contribution in [1.82, 2.24) is 0 Å². The van der Waals surface area contributed by atoms with Crippen LogP contribution in [-0.2, 0) is 0 Å². The summed E-state index contributed by atoms with van der Waals surface area (Å²) < 4.78 is 11.3. The van der Waals surface area contributed by atoms with Gasteiger partial charge in [-0.1, -0.05) is 13.8 Å². The molecule has 0 saturated heterocycles. The molecule has 2 aromatic carbocycles. The lowest BCUT2D eigenvalue weighted by Gasteiger charge is -2.18. The summed E-state index contributed by atoms with van der Waals surface area (Å²) in [4.78, 5) is 0. The van der Waals surface area contributed by atoms with E-state index in [4.69, 9.17) is 9.47 Å². The minimum Gasteiger partial charge on any atom is -0.494 e. The summed E-state index contributed by atoms with van der Waals surface area (Å²) in [5.74, 6) is 1.57. The molecule has 0 saturated carbocycles. The summed E-state index contributed by atoms with van der Waals surface area (Å²) >= 11 is 0. The molecule has 4 nitrogen and oxygen atoms in total. The predicted octanol–water partition coefficient (Wildman–Crippen LogP) is 7.61. The lowest BCUT2D eigenvalue weighted by atomic mass is 9.96. The Kier molecular flexibility index (Phi) is 8.22. The Labute approximate surface area is 171 Å². The van der Waals surface area contributed by atoms with Crippen LogP contribution in [0.5, 0.6) is 11.5 Å². The Bertz CT molecular complexity index is 823. The molecule has 0 bridgehead atoms. The summed E-state index contributed by atoms with van der Waals surface area (Å²) in [5.41, 5.74) is 10.8. The van der Waals surface area contributed by atoms with Crippen LogP contribution < -0.4 is 9.47 Å². The first-order chi connectivity index (χ1) is 13.2. The summed E-state index contributed by atoms with van der Waals surface area (Å²) in [6.45, 7) is 20.7. The van der Waals surface area contributed by atoms with Crippen molar-refractivity contribution in [2.75, 3.05) is 14.2 Å². The van der Waals surface area contributed by atoms with Gasteiger partial charge >= 0.3 is 0 Å². The van der Waals surface area contributed by atoms with Crippen LogP contribution in [0.1, 0.15) is 58.4 Å². The zero-order valence-corrected chi connectivity index (χ0v) is 19.7. The summed E-state index contributed by atoms with van der Waals surface area (Å²) in [5, 5.41) is 9.22. The Hall–Kier alpha value is -2.36. The van der Waals surface area contributed by atoms with Crippen molar-refractivity contribution >= 4 is 11.4 Å². The molecule has 154 valence electrons. The molecule has 4 heteroatoms. The van der Waals surface area contributed by atoms with Crippen LogP contribution in [-0.4, -0.2) is 14.2 Å².